The molecule has 1 aliphatic rings. The van der Waals surface area contributed by atoms with Gasteiger partial charge in [0.25, 0.3) is 5.91 Å². The van der Waals surface area contributed by atoms with Crippen LogP contribution in [0.5, 0.6) is 11.5 Å². The third kappa shape index (κ3) is 3.91. The van der Waals surface area contributed by atoms with Gasteiger partial charge in [-0.25, -0.2) is 5.43 Å². The maximum absolute atomic E-state index is 12.3. The second-order valence-electron chi connectivity index (χ2n) is 5.98. The normalized spacial score (nSPS) is 16.3. The van der Waals surface area contributed by atoms with Crippen molar-refractivity contribution >= 4 is 17.3 Å². The van der Waals surface area contributed by atoms with Crippen molar-refractivity contribution in [1.29, 1.82) is 0 Å². The van der Waals surface area contributed by atoms with Crippen molar-refractivity contribution in [2.75, 3.05) is 25.6 Å². The van der Waals surface area contributed by atoms with E-state index in [0.717, 1.165) is 17.0 Å². The van der Waals surface area contributed by atoms with Crippen LogP contribution in [0.1, 0.15) is 12.5 Å². The molecule has 2 aromatic rings. The summed E-state index contributed by atoms with van der Waals surface area (Å²) >= 11 is 0. The molecule has 1 heterocycles. The van der Waals surface area contributed by atoms with Gasteiger partial charge in [0.1, 0.15) is 6.61 Å². The summed E-state index contributed by atoms with van der Waals surface area (Å²) in [6.07, 6.45) is -0.720. The molecule has 1 aliphatic heterocycles. The number of benzene rings is 2. The first-order chi connectivity index (χ1) is 12.0. The zero-order valence-corrected chi connectivity index (χ0v) is 14.5. The quantitative estimate of drug-likeness (QED) is 0.686. The van der Waals surface area contributed by atoms with Crippen molar-refractivity contribution in [3.8, 4) is 11.5 Å². The van der Waals surface area contributed by atoms with E-state index < -0.39 is 6.10 Å². The molecule has 130 valence electrons. The van der Waals surface area contributed by atoms with Gasteiger partial charge in [0.2, 0.25) is 6.10 Å². The largest absolute Gasteiger partial charge is 0.485 e. The van der Waals surface area contributed by atoms with Gasteiger partial charge in [0, 0.05) is 19.8 Å². The number of nitrogens with one attached hydrogen (secondary N) is 1. The van der Waals surface area contributed by atoms with Gasteiger partial charge in [0.05, 0.1) is 5.71 Å². The molecular formula is C19H21N3O3. The predicted octanol–water partition coefficient (Wildman–Crippen LogP) is 2.43. The third-order valence-electron chi connectivity index (χ3n) is 3.94. The number of anilines is 1. The summed E-state index contributed by atoms with van der Waals surface area (Å²) in [4.78, 5) is 14.3. The maximum Gasteiger partial charge on any atom is 0.284 e. The Morgan fingerprint density at radius 1 is 1.12 bits per heavy atom. The Balaban J connectivity index is 1.62. The first-order valence-corrected chi connectivity index (χ1v) is 8.05. The van der Waals surface area contributed by atoms with E-state index in [1.165, 1.54) is 0 Å². The standard InChI is InChI=1S/C19H21N3O3/c1-13(14-8-10-15(11-9-14)22(2)3)20-21-19(23)18-12-24-16-6-4-5-7-17(16)25-18/h4-11,18H,12H2,1-3H3,(H,21,23)/b20-13-/t18-/m0/s1. The number of hydrazone groups is 1. The molecule has 1 amide bonds. The predicted molar refractivity (Wildman–Crippen MR) is 97.5 cm³/mol. The molecule has 6 heteroatoms. The molecule has 0 fully saturated rings. The minimum atomic E-state index is -0.720. The highest BCUT2D eigenvalue weighted by atomic mass is 16.6. The van der Waals surface area contributed by atoms with Crippen LogP contribution in [0.25, 0.3) is 0 Å². The first kappa shape index (κ1) is 16.8. The second-order valence-corrected chi connectivity index (χ2v) is 5.98. The van der Waals surface area contributed by atoms with Crippen molar-refractivity contribution in [3.05, 3.63) is 54.1 Å². The highest BCUT2D eigenvalue weighted by Gasteiger charge is 2.27. The Kier molecular flexibility index (Phi) is 4.88. The Morgan fingerprint density at radius 2 is 1.80 bits per heavy atom. The molecule has 3 rings (SSSR count). The minimum Gasteiger partial charge on any atom is -0.485 e. The number of hydrogen-bond acceptors (Lipinski definition) is 5. The van der Waals surface area contributed by atoms with Gasteiger partial charge in [-0.3, -0.25) is 4.79 Å². The van der Waals surface area contributed by atoms with Gasteiger partial charge in [-0.05, 0) is 36.8 Å². The van der Waals surface area contributed by atoms with Crippen LogP contribution in [-0.2, 0) is 4.79 Å². The van der Waals surface area contributed by atoms with Crippen LogP contribution in [0.4, 0.5) is 5.69 Å². The zero-order valence-electron chi connectivity index (χ0n) is 14.5. The number of carbonyl (C=O) groups is 1. The van der Waals surface area contributed by atoms with Crippen LogP contribution in [0.3, 0.4) is 0 Å². The lowest BCUT2D eigenvalue weighted by Gasteiger charge is -2.24. The number of nitrogens with zero attached hydrogens (tertiary/aromatic N) is 2. The van der Waals surface area contributed by atoms with Gasteiger partial charge in [-0.15, -0.1) is 0 Å². The van der Waals surface area contributed by atoms with Gasteiger partial charge in [0.15, 0.2) is 11.5 Å². The average molecular weight is 339 g/mol. The van der Waals surface area contributed by atoms with E-state index in [0.29, 0.717) is 11.5 Å². The highest BCUT2D eigenvalue weighted by Crippen LogP contribution is 2.30. The van der Waals surface area contributed by atoms with Gasteiger partial charge in [-0.2, -0.15) is 5.10 Å². The molecule has 0 aliphatic carbocycles. The Bertz CT molecular complexity index is 785. The number of fused-ring (bicyclic) bond motifs is 1. The number of amides is 1. The second kappa shape index (κ2) is 7.25. The van der Waals surface area contributed by atoms with E-state index in [-0.39, 0.29) is 12.5 Å². The average Bonchev–Trinajstić information content (AvgIpc) is 2.65. The fourth-order valence-corrected chi connectivity index (χ4v) is 2.42. The topological polar surface area (TPSA) is 63.2 Å². The number of carbonyl (C=O) groups excluding carboxylic acids is 1. The lowest BCUT2D eigenvalue weighted by molar-refractivity contribution is -0.130. The van der Waals surface area contributed by atoms with Crippen molar-refractivity contribution in [1.82, 2.24) is 5.43 Å². The fraction of sp³-hybridized carbons (Fsp3) is 0.263. The summed E-state index contributed by atoms with van der Waals surface area (Å²) in [6, 6.07) is 15.2. The van der Waals surface area contributed by atoms with Crippen LogP contribution in [0.15, 0.2) is 53.6 Å². The van der Waals surface area contributed by atoms with E-state index in [9.17, 15) is 4.79 Å². The van der Waals surface area contributed by atoms with E-state index in [1.54, 1.807) is 6.07 Å². The molecule has 1 atom stereocenters. The van der Waals surface area contributed by atoms with Crippen molar-refractivity contribution < 1.29 is 14.3 Å². The number of rotatable bonds is 4. The van der Waals surface area contributed by atoms with E-state index in [2.05, 4.69) is 10.5 Å². The third-order valence-corrected chi connectivity index (χ3v) is 3.94. The number of para-hydroxylation sites is 2. The molecule has 0 bridgehead atoms. The molecule has 25 heavy (non-hydrogen) atoms. The van der Waals surface area contributed by atoms with Gasteiger partial charge < -0.3 is 14.4 Å². The molecule has 0 aromatic heterocycles. The Labute approximate surface area is 147 Å². The lowest BCUT2D eigenvalue weighted by atomic mass is 10.1. The molecule has 6 nitrogen and oxygen atoms in total. The van der Waals surface area contributed by atoms with Crippen molar-refractivity contribution in [2.45, 2.75) is 13.0 Å². The zero-order chi connectivity index (χ0) is 17.8. The fourth-order valence-electron chi connectivity index (χ4n) is 2.42. The molecule has 0 saturated heterocycles. The molecule has 2 aromatic carbocycles. The monoisotopic (exact) mass is 339 g/mol. The first-order valence-electron chi connectivity index (χ1n) is 8.05. The van der Waals surface area contributed by atoms with Crippen molar-refractivity contribution in [2.24, 2.45) is 5.10 Å². The molecule has 0 saturated carbocycles. The van der Waals surface area contributed by atoms with Crippen LogP contribution < -0.4 is 19.8 Å². The number of hydrogen-bond donors (Lipinski definition) is 1. The molecule has 0 unspecified atom stereocenters. The molecule has 0 spiro atoms. The summed E-state index contributed by atoms with van der Waals surface area (Å²) in [6.45, 7) is 2.01. The molecular weight excluding hydrogens is 318 g/mol. The SMILES string of the molecule is C/C(=N/NC(=O)[C@@H]1COc2ccccc2O1)c1ccc(N(C)C)cc1. The van der Waals surface area contributed by atoms with E-state index >= 15 is 0 Å². The Morgan fingerprint density at radius 3 is 2.48 bits per heavy atom. The summed E-state index contributed by atoms with van der Waals surface area (Å²) in [5.74, 6) is 0.875. The Hall–Kier alpha value is -3.02. The maximum atomic E-state index is 12.3. The van der Waals surface area contributed by atoms with Crippen LogP contribution in [0, 0.1) is 0 Å². The van der Waals surface area contributed by atoms with Crippen LogP contribution in [-0.4, -0.2) is 38.4 Å². The lowest BCUT2D eigenvalue weighted by Crippen LogP contribution is -2.42. The smallest absolute Gasteiger partial charge is 0.284 e. The highest BCUT2D eigenvalue weighted by molar-refractivity contribution is 5.99. The number of ether oxygens (including phenoxy) is 2. The van der Waals surface area contributed by atoms with Crippen molar-refractivity contribution in [3.63, 3.8) is 0 Å². The van der Waals surface area contributed by atoms with Gasteiger partial charge >= 0.3 is 0 Å². The summed E-state index contributed by atoms with van der Waals surface area (Å²) in [5, 5.41) is 4.17. The minimum absolute atomic E-state index is 0.162. The van der Waals surface area contributed by atoms with Crippen LogP contribution in [0.2, 0.25) is 0 Å². The summed E-state index contributed by atoms with van der Waals surface area (Å²) < 4.78 is 11.2. The summed E-state index contributed by atoms with van der Waals surface area (Å²) in [7, 11) is 3.97. The van der Waals surface area contributed by atoms with Crippen LogP contribution >= 0.6 is 0 Å². The van der Waals surface area contributed by atoms with E-state index in [4.69, 9.17) is 9.47 Å². The summed E-state index contributed by atoms with van der Waals surface area (Å²) in [5.41, 5.74) is 5.32. The van der Waals surface area contributed by atoms with E-state index in [1.807, 2.05) is 68.4 Å². The van der Waals surface area contributed by atoms with Gasteiger partial charge in [-0.1, -0.05) is 24.3 Å². The molecule has 1 N–H and O–H groups in total. The molecule has 0 radical (unpaired) electrons.